The van der Waals surface area contributed by atoms with Gasteiger partial charge in [0.1, 0.15) is 5.83 Å². The molecule has 0 bridgehead atoms. The van der Waals surface area contributed by atoms with Crippen LogP contribution in [0.3, 0.4) is 0 Å². The van der Waals surface area contributed by atoms with Gasteiger partial charge >= 0.3 is 6.03 Å². The molecule has 20 heavy (non-hydrogen) atoms. The zero-order valence-corrected chi connectivity index (χ0v) is 11.4. The van der Waals surface area contributed by atoms with Gasteiger partial charge in [-0.1, -0.05) is 6.92 Å². The number of aryl methyl sites for hydroxylation is 1. The highest BCUT2D eigenvalue weighted by atomic mass is 19.1. The van der Waals surface area contributed by atoms with Crippen LogP contribution in [0.1, 0.15) is 24.6 Å². The number of hydrogen-bond acceptors (Lipinski definition) is 3. The van der Waals surface area contributed by atoms with E-state index in [1.165, 1.54) is 11.0 Å². The van der Waals surface area contributed by atoms with Crippen LogP contribution in [0, 0.1) is 5.92 Å². The monoisotopic (exact) mass is 276 g/mol. The predicted molar refractivity (Wildman–Crippen MR) is 73.0 cm³/mol. The van der Waals surface area contributed by atoms with Crippen LogP contribution in [0.2, 0.25) is 0 Å². The van der Waals surface area contributed by atoms with E-state index in [9.17, 15) is 9.18 Å². The molecule has 0 aromatic carbocycles. The number of rotatable bonds is 1. The van der Waals surface area contributed by atoms with Crippen LogP contribution in [0.5, 0.6) is 0 Å². The Hall–Kier alpha value is -1.98. The molecule has 0 spiro atoms. The number of hydrogen-bond donors (Lipinski definition) is 1. The number of carbonyl (C=O) groups is 1. The van der Waals surface area contributed by atoms with Gasteiger partial charge < -0.3 is 4.90 Å². The Bertz CT molecular complexity index is 572. The van der Waals surface area contributed by atoms with Crippen molar-refractivity contribution in [2.45, 2.75) is 26.2 Å². The lowest BCUT2D eigenvalue weighted by Crippen LogP contribution is -2.33. The normalized spacial score (nSPS) is 21.4. The number of amides is 2. The zero-order valence-electron chi connectivity index (χ0n) is 11.4. The molecular weight excluding hydrogens is 259 g/mol. The fourth-order valence-electron chi connectivity index (χ4n) is 2.60. The fourth-order valence-corrected chi connectivity index (χ4v) is 2.60. The third-order valence-corrected chi connectivity index (χ3v) is 3.78. The third-order valence-electron chi connectivity index (χ3n) is 3.78. The third kappa shape index (κ3) is 2.64. The number of fused-ring (bicyclic) bond motifs is 1. The van der Waals surface area contributed by atoms with Crippen LogP contribution in [-0.4, -0.2) is 34.0 Å². The maximum Gasteiger partial charge on any atom is 0.324 e. The smallest absolute Gasteiger partial charge is 0.314 e. The molecule has 2 aliphatic rings. The van der Waals surface area contributed by atoms with E-state index in [0.717, 1.165) is 30.5 Å². The first-order valence-electron chi connectivity index (χ1n) is 6.87. The first-order valence-corrected chi connectivity index (χ1v) is 6.87. The number of urea groups is 1. The maximum atomic E-state index is 12.9. The number of carbonyl (C=O) groups excluding carboxylic acids is 1. The summed E-state index contributed by atoms with van der Waals surface area (Å²) in [4.78, 5) is 21.9. The number of halogens is 1. The second kappa shape index (κ2) is 5.19. The summed E-state index contributed by atoms with van der Waals surface area (Å²) >= 11 is 0. The molecule has 1 aromatic rings. The van der Waals surface area contributed by atoms with Crippen LogP contribution in [0.25, 0.3) is 0 Å². The van der Waals surface area contributed by atoms with E-state index in [-0.39, 0.29) is 18.4 Å². The Morgan fingerprint density at radius 1 is 1.55 bits per heavy atom. The van der Waals surface area contributed by atoms with Crippen LogP contribution in [0.15, 0.2) is 18.1 Å². The lowest BCUT2D eigenvalue weighted by atomic mass is 9.89. The predicted octanol–water partition coefficient (Wildman–Crippen LogP) is 2.30. The standard InChI is InChI=1S/C14H17FN4O/c1-9-2-3-12-10(6-9)7-16-13(17-12)18-14(20)19-5-4-11(15)8-19/h4,7,9H,2-3,5-6,8H2,1H3,(H,16,17,18,20). The van der Waals surface area contributed by atoms with Crippen molar-refractivity contribution < 1.29 is 9.18 Å². The molecule has 106 valence electrons. The average Bonchev–Trinajstić information content (AvgIpc) is 2.86. The Balaban J connectivity index is 1.68. The largest absolute Gasteiger partial charge is 0.324 e. The quantitative estimate of drug-likeness (QED) is 0.856. The number of nitrogens with zero attached hydrogens (tertiary/aromatic N) is 3. The van der Waals surface area contributed by atoms with Gasteiger partial charge in [-0.3, -0.25) is 5.32 Å². The molecule has 3 rings (SSSR count). The van der Waals surface area contributed by atoms with Crippen molar-refractivity contribution in [1.82, 2.24) is 14.9 Å². The van der Waals surface area contributed by atoms with E-state index in [2.05, 4.69) is 22.2 Å². The van der Waals surface area contributed by atoms with Crippen LogP contribution in [0.4, 0.5) is 15.1 Å². The van der Waals surface area contributed by atoms with Crippen molar-refractivity contribution in [2.75, 3.05) is 18.4 Å². The van der Waals surface area contributed by atoms with Crippen molar-refractivity contribution in [2.24, 2.45) is 5.92 Å². The van der Waals surface area contributed by atoms with Gasteiger partial charge in [0.15, 0.2) is 0 Å². The van der Waals surface area contributed by atoms with Gasteiger partial charge in [0, 0.05) is 18.4 Å². The molecule has 1 aromatic heterocycles. The van der Waals surface area contributed by atoms with E-state index >= 15 is 0 Å². The van der Waals surface area contributed by atoms with E-state index in [0.29, 0.717) is 18.4 Å². The first kappa shape index (κ1) is 13.0. The zero-order chi connectivity index (χ0) is 14.1. The van der Waals surface area contributed by atoms with E-state index in [4.69, 9.17) is 0 Å². The molecule has 5 nitrogen and oxygen atoms in total. The highest BCUT2D eigenvalue weighted by Gasteiger charge is 2.21. The molecular formula is C14H17FN4O. The fraction of sp³-hybridized carbons (Fsp3) is 0.500. The topological polar surface area (TPSA) is 58.1 Å². The summed E-state index contributed by atoms with van der Waals surface area (Å²) in [7, 11) is 0. The summed E-state index contributed by atoms with van der Waals surface area (Å²) in [6.45, 7) is 2.53. The number of anilines is 1. The highest BCUT2D eigenvalue weighted by molar-refractivity contribution is 5.88. The van der Waals surface area contributed by atoms with Crippen molar-refractivity contribution in [3.05, 3.63) is 29.4 Å². The Morgan fingerprint density at radius 2 is 2.40 bits per heavy atom. The molecule has 2 heterocycles. The van der Waals surface area contributed by atoms with Gasteiger partial charge in [0.2, 0.25) is 5.95 Å². The van der Waals surface area contributed by atoms with Gasteiger partial charge in [-0.15, -0.1) is 0 Å². The molecule has 0 radical (unpaired) electrons. The SMILES string of the molecule is CC1CCc2nc(NC(=O)N3CC=C(F)C3)ncc2C1. The second-order valence-corrected chi connectivity index (χ2v) is 5.48. The minimum atomic E-state index is -0.363. The first-order chi connectivity index (χ1) is 9.61. The Labute approximate surface area is 116 Å². The van der Waals surface area contributed by atoms with Crippen LogP contribution < -0.4 is 5.32 Å². The van der Waals surface area contributed by atoms with Crippen LogP contribution >= 0.6 is 0 Å². The van der Waals surface area contributed by atoms with Gasteiger partial charge in [0.25, 0.3) is 0 Å². The van der Waals surface area contributed by atoms with E-state index in [1.807, 2.05) is 0 Å². The average molecular weight is 276 g/mol. The summed E-state index contributed by atoms with van der Waals surface area (Å²) in [5, 5.41) is 2.63. The molecule has 0 fully saturated rings. The molecule has 1 atom stereocenters. The van der Waals surface area contributed by atoms with Crippen molar-refractivity contribution in [3.8, 4) is 0 Å². The molecule has 6 heteroatoms. The number of nitrogens with one attached hydrogen (secondary N) is 1. The van der Waals surface area contributed by atoms with Gasteiger partial charge in [-0.2, -0.15) is 0 Å². The molecule has 2 amide bonds. The van der Waals surface area contributed by atoms with Crippen molar-refractivity contribution >= 4 is 12.0 Å². The van der Waals surface area contributed by atoms with Gasteiger partial charge in [0.05, 0.1) is 6.54 Å². The summed E-state index contributed by atoms with van der Waals surface area (Å²) in [6.07, 6.45) is 6.20. The Morgan fingerprint density at radius 3 is 3.15 bits per heavy atom. The second-order valence-electron chi connectivity index (χ2n) is 5.48. The Kier molecular flexibility index (Phi) is 3.38. The molecule has 1 aliphatic heterocycles. The summed E-state index contributed by atoms with van der Waals surface area (Å²) < 4.78 is 12.9. The van der Waals surface area contributed by atoms with Crippen molar-refractivity contribution in [3.63, 3.8) is 0 Å². The molecule has 0 saturated heterocycles. The minimum Gasteiger partial charge on any atom is -0.314 e. The minimum absolute atomic E-state index is 0.0221. The van der Waals surface area contributed by atoms with Crippen LogP contribution in [-0.2, 0) is 12.8 Å². The molecule has 1 N–H and O–H groups in total. The maximum absolute atomic E-state index is 12.9. The lowest BCUT2D eigenvalue weighted by Gasteiger charge is -2.21. The summed E-state index contributed by atoms with van der Waals surface area (Å²) in [6, 6.07) is -0.363. The van der Waals surface area contributed by atoms with Gasteiger partial charge in [-0.05, 0) is 36.8 Å². The lowest BCUT2D eigenvalue weighted by molar-refractivity contribution is 0.222. The molecule has 1 aliphatic carbocycles. The van der Waals surface area contributed by atoms with E-state index in [1.54, 1.807) is 6.20 Å². The number of aromatic nitrogens is 2. The highest BCUT2D eigenvalue weighted by Crippen LogP contribution is 2.24. The summed E-state index contributed by atoms with van der Waals surface area (Å²) in [5.74, 6) is 0.682. The molecule has 0 saturated carbocycles. The van der Waals surface area contributed by atoms with Gasteiger partial charge in [-0.25, -0.2) is 19.2 Å². The van der Waals surface area contributed by atoms with E-state index < -0.39 is 0 Å². The van der Waals surface area contributed by atoms with Crippen molar-refractivity contribution in [1.29, 1.82) is 0 Å². The summed E-state index contributed by atoms with van der Waals surface area (Å²) in [5.41, 5.74) is 2.18. The molecule has 1 unspecified atom stereocenters.